The van der Waals surface area contributed by atoms with Crippen LogP contribution >= 0.6 is 0 Å². The van der Waals surface area contributed by atoms with E-state index in [0.29, 0.717) is 24.7 Å². The fourth-order valence-corrected chi connectivity index (χ4v) is 1.33. The molecule has 1 aromatic rings. The van der Waals surface area contributed by atoms with Gasteiger partial charge in [-0.05, 0) is 26.0 Å². The molecular weight excluding hydrogens is 220 g/mol. The molecule has 2 N–H and O–H groups in total. The van der Waals surface area contributed by atoms with E-state index in [4.69, 9.17) is 4.74 Å². The smallest absolute Gasteiger partial charge is 0.271 e. The second-order valence-corrected chi connectivity index (χ2v) is 3.66. The third-order valence-electron chi connectivity index (χ3n) is 2.05. The molecule has 0 aromatic carbocycles. The Hall–Kier alpha value is -1.69. The number of ether oxygens (including phenoxy) is 1. The molecule has 0 fully saturated rings. The highest BCUT2D eigenvalue weighted by atomic mass is 16.5. The first kappa shape index (κ1) is 13.4. The summed E-state index contributed by atoms with van der Waals surface area (Å²) in [6.45, 7) is 4.99. The molecule has 0 saturated heterocycles. The molecule has 1 amide bonds. The van der Waals surface area contributed by atoms with Crippen molar-refractivity contribution in [2.24, 2.45) is 0 Å². The van der Waals surface area contributed by atoms with E-state index in [1.54, 1.807) is 19.2 Å². The summed E-state index contributed by atoms with van der Waals surface area (Å²) >= 11 is 0. The highest BCUT2D eigenvalue weighted by Crippen LogP contribution is 2.04. The average molecular weight is 238 g/mol. The van der Waals surface area contributed by atoms with Crippen LogP contribution in [0.5, 0.6) is 0 Å². The monoisotopic (exact) mass is 238 g/mol. The third kappa shape index (κ3) is 4.36. The van der Waals surface area contributed by atoms with Gasteiger partial charge in [0.15, 0.2) is 5.69 Å². The number of amides is 1. The van der Waals surface area contributed by atoms with Crippen LogP contribution in [0.15, 0.2) is 12.1 Å². The Morgan fingerprint density at radius 1 is 1.47 bits per heavy atom. The van der Waals surface area contributed by atoms with Crippen molar-refractivity contribution >= 4 is 11.7 Å². The van der Waals surface area contributed by atoms with Crippen LogP contribution in [0.3, 0.4) is 0 Å². The third-order valence-corrected chi connectivity index (χ3v) is 2.05. The van der Waals surface area contributed by atoms with Crippen LogP contribution in [-0.4, -0.2) is 42.4 Å². The second kappa shape index (κ2) is 6.80. The van der Waals surface area contributed by atoms with Gasteiger partial charge >= 0.3 is 0 Å². The van der Waals surface area contributed by atoms with Gasteiger partial charge in [0.2, 0.25) is 0 Å². The van der Waals surface area contributed by atoms with Crippen LogP contribution in [-0.2, 0) is 4.74 Å². The van der Waals surface area contributed by atoms with Crippen molar-refractivity contribution in [2.45, 2.75) is 19.9 Å². The molecule has 6 heteroatoms. The summed E-state index contributed by atoms with van der Waals surface area (Å²) in [4.78, 5) is 11.4. The van der Waals surface area contributed by atoms with E-state index in [9.17, 15) is 4.79 Å². The molecule has 0 aliphatic rings. The Kier molecular flexibility index (Phi) is 5.35. The summed E-state index contributed by atoms with van der Waals surface area (Å²) in [5, 5.41) is 13.5. The van der Waals surface area contributed by atoms with Gasteiger partial charge in [-0.2, -0.15) is 0 Å². The summed E-state index contributed by atoms with van der Waals surface area (Å²) in [6.07, 6.45) is 0. The van der Waals surface area contributed by atoms with Crippen LogP contribution in [0.4, 0.5) is 5.82 Å². The van der Waals surface area contributed by atoms with Crippen molar-refractivity contribution < 1.29 is 9.53 Å². The lowest BCUT2D eigenvalue weighted by Gasteiger charge is -2.12. The molecule has 0 bridgehead atoms. The zero-order valence-electron chi connectivity index (χ0n) is 10.4. The van der Waals surface area contributed by atoms with Crippen LogP contribution in [0.25, 0.3) is 0 Å². The maximum absolute atomic E-state index is 11.4. The lowest BCUT2D eigenvalue weighted by atomic mass is 10.3. The van der Waals surface area contributed by atoms with Crippen molar-refractivity contribution in [3.8, 4) is 0 Å². The zero-order chi connectivity index (χ0) is 12.7. The maximum Gasteiger partial charge on any atom is 0.271 e. The fraction of sp³-hybridized carbons (Fsp3) is 0.545. The molecule has 0 saturated carbocycles. The minimum absolute atomic E-state index is 0.143. The lowest BCUT2D eigenvalue weighted by molar-refractivity contribution is 0.0950. The predicted molar refractivity (Wildman–Crippen MR) is 65.0 cm³/mol. The van der Waals surface area contributed by atoms with Gasteiger partial charge in [-0.1, -0.05) is 0 Å². The van der Waals surface area contributed by atoms with Crippen molar-refractivity contribution in [3.05, 3.63) is 17.8 Å². The van der Waals surface area contributed by atoms with Crippen molar-refractivity contribution in [2.75, 3.05) is 25.6 Å². The Bertz CT molecular complexity index is 353. The second-order valence-electron chi connectivity index (χ2n) is 3.66. The van der Waals surface area contributed by atoms with E-state index >= 15 is 0 Å². The number of aromatic nitrogens is 2. The first-order valence-corrected chi connectivity index (χ1v) is 5.54. The SMILES string of the molecule is CCNC(=O)c1ccc(NC(C)COC)nn1. The number of nitrogens with zero attached hydrogens (tertiary/aromatic N) is 2. The van der Waals surface area contributed by atoms with Gasteiger partial charge in [-0.3, -0.25) is 4.79 Å². The fourth-order valence-electron chi connectivity index (χ4n) is 1.33. The summed E-state index contributed by atoms with van der Waals surface area (Å²) < 4.78 is 4.99. The molecule has 0 spiro atoms. The highest BCUT2D eigenvalue weighted by Gasteiger charge is 2.07. The van der Waals surface area contributed by atoms with Crippen molar-refractivity contribution in [3.63, 3.8) is 0 Å². The number of nitrogens with one attached hydrogen (secondary N) is 2. The largest absolute Gasteiger partial charge is 0.383 e. The van der Waals surface area contributed by atoms with E-state index in [-0.39, 0.29) is 11.9 Å². The Morgan fingerprint density at radius 3 is 2.76 bits per heavy atom. The van der Waals surface area contributed by atoms with Crippen LogP contribution in [0.1, 0.15) is 24.3 Å². The molecule has 1 rings (SSSR count). The molecule has 6 nitrogen and oxygen atoms in total. The van der Waals surface area contributed by atoms with Gasteiger partial charge in [0.1, 0.15) is 5.82 Å². The van der Waals surface area contributed by atoms with E-state index in [0.717, 1.165) is 0 Å². The highest BCUT2D eigenvalue weighted by molar-refractivity contribution is 5.92. The molecule has 1 unspecified atom stereocenters. The standard InChI is InChI=1S/C11H18N4O2/c1-4-12-11(16)9-5-6-10(15-14-9)13-8(2)7-17-3/h5-6,8H,4,7H2,1-3H3,(H,12,16)(H,13,15). The number of hydrogen-bond donors (Lipinski definition) is 2. The number of rotatable bonds is 6. The lowest BCUT2D eigenvalue weighted by Crippen LogP contribution is -2.25. The molecule has 0 aliphatic carbocycles. The Labute approximate surface area is 101 Å². The first-order chi connectivity index (χ1) is 8.17. The Balaban J connectivity index is 2.58. The van der Waals surface area contributed by atoms with Gasteiger partial charge in [0.25, 0.3) is 5.91 Å². The van der Waals surface area contributed by atoms with Gasteiger partial charge in [-0.15, -0.1) is 10.2 Å². The summed E-state index contributed by atoms with van der Waals surface area (Å²) in [6, 6.07) is 3.51. The van der Waals surface area contributed by atoms with Gasteiger partial charge < -0.3 is 15.4 Å². The molecular formula is C11H18N4O2. The molecule has 0 aliphatic heterocycles. The summed E-state index contributed by atoms with van der Waals surface area (Å²) in [7, 11) is 1.64. The summed E-state index contributed by atoms with van der Waals surface area (Å²) in [5.74, 6) is 0.416. The van der Waals surface area contributed by atoms with E-state index in [1.165, 1.54) is 0 Å². The van der Waals surface area contributed by atoms with Crippen LogP contribution in [0, 0.1) is 0 Å². The van der Waals surface area contributed by atoms with Gasteiger partial charge in [-0.25, -0.2) is 0 Å². The van der Waals surface area contributed by atoms with Gasteiger partial charge in [0, 0.05) is 19.7 Å². The maximum atomic E-state index is 11.4. The number of carbonyl (C=O) groups excluding carboxylic acids is 1. The van der Waals surface area contributed by atoms with E-state index in [2.05, 4.69) is 20.8 Å². The van der Waals surface area contributed by atoms with Crippen molar-refractivity contribution in [1.29, 1.82) is 0 Å². The van der Waals surface area contributed by atoms with E-state index in [1.807, 2.05) is 13.8 Å². The first-order valence-electron chi connectivity index (χ1n) is 5.54. The number of anilines is 1. The van der Waals surface area contributed by atoms with Crippen LogP contribution in [0.2, 0.25) is 0 Å². The van der Waals surface area contributed by atoms with E-state index < -0.39 is 0 Å². The number of carbonyl (C=O) groups is 1. The molecule has 1 heterocycles. The number of methoxy groups -OCH3 is 1. The predicted octanol–water partition coefficient (Wildman–Crippen LogP) is 0.673. The molecule has 0 radical (unpaired) electrons. The molecule has 17 heavy (non-hydrogen) atoms. The quantitative estimate of drug-likeness (QED) is 0.762. The summed E-state index contributed by atoms with van der Waals surface area (Å²) in [5.41, 5.74) is 0.316. The Morgan fingerprint density at radius 2 is 2.24 bits per heavy atom. The average Bonchev–Trinajstić information content (AvgIpc) is 2.30. The van der Waals surface area contributed by atoms with Gasteiger partial charge in [0.05, 0.1) is 6.61 Å². The zero-order valence-corrected chi connectivity index (χ0v) is 10.4. The molecule has 1 aromatic heterocycles. The minimum Gasteiger partial charge on any atom is -0.383 e. The minimum atomic E-state index is -0.212. The van der Waals surface area contributed by atoms with Crippen LogP contribution < -0.4 is 10.6 Å². The normalized spacial score (nSPS) is 11.9. The van der Waals surface area contributed by atoms with Crippen molar-refractivity contribution in [1.82, 2.24) is 15.5 Å². The number of hydrogen-bond acceptors (Lipinski definition) is 5. The topological polar surface area (TPSA) is 76.1 Å². The molecule has 94 valence electrons. The molecule has 1 atom stereocenters.